The van der Waals surface area contributed by atoms with E-state index in [1.165, 1.54) is 11.1 Å². The molecule has 3 heterocycles. The van der Waals surface area contributed by atoms with Crippen LogP contribution in [0.25, 0.3) is 0 Å². The fourth-order valence-electron chi connectivity index (χ4n) is 3.67. The van der Waals surface area contributed by atoms with E-state index in [0.717, 1.165) is 38.3 Å². The van der Waals surface area contributed by atoms with Gasteiger partial charge < -0.3 is 5.32 Å². The van der Waals surface area contributed by atoms with E-state index in [1.807, 2.05) is 4.68 Å². The Morgan fingerprint density at radius 3 is 3.26 bits per heavy atom. The van der Waals surface area contributed by atoms with Crippen molar-refractivity contribution < 1.29 is 0 Å². The molecule has 0 radical (unpaired) electrons. The van der Waals surface area contributed by atoms with Crippen molar-refractivity contribution in [1.29, 1.82) is 0 Å². The molecule has 1 saturated heterocycles. The van der Waals surface area contributed by atoms with E-state index in [4.69, 9.17) is 0 Å². The van der Waals surface area contributed by atoms with Gasteiger partial charge in [-0.15, -0.1) is 0 Å². The minimum Gasteiger partial charge on any atom is -0.312 e. The average molecular weight is 312 g/mol. The first kappa shape index (κ1) is 14.8. The number of benzene rings is 1. The predicted molar refractivity (Wildman–Crippen MR) is 88.7 cm³/mol. The van der Waals surface area contributed by atoms with Crippen LogP contribution in [0.3, 0.4) is 0 Å². The average Bonchev–Trinajstić information content (AvgIpc) is 3.21. The second-order valence-electron chi connectivity index (χ2n) is 6.68. The zero-order chi connectivity index (χ0) is 15.6. The molecule has 0 bridgehead atoms. The minimum absolute atomic E-state index is 0.368. The van der Waals surface area contributed by atoms with Crippen LogP contribution in [-0.2, 0) is 13.0 Å². The van der Waals surface area contributed by atoms with Gasteiger partial charge in [0.15, 0.2) is 0 Å². The van der Waals surface area contributed by atoms with E-state index in [0.29, 0.717) is 18.0 Å². The Bertz CT molecular complexity index is 667. The third-order valence-corrected chi connectivity index (χ3v) is 4.97. The standard InChI is InChI=1S/C17H24N6/c1-12-3-2-4-13(7-12)17-14(9-20-22-17)8-18-15-5-6-16-19-11-21-23(16)10-15/h2-4,7,11,14-15,17-18,20,22H,5-6,8-10H2,1H3. The fourth-order valence-corrected chi connectivity index (χ4v) is 3.67. The number of nitrogens with one attached hydrogen (secondary N) is 3. The zero-order valence-corrected chi connectivity index (χ0v) is 13.5. The van der Waals surface area contributed by atoms with E-state index in [9.17, 15) is 0 Å². The van der Waals surface area contributed by atoms with Crippen LogP contribution in [0.4, 0.5) is 0 Å². The van der Waals surface area contributed by atoms with E-state index < -0.39 is 0 Å². The summed E-state index contributed by atoms with van der Waals surface area (Å²) in [5.74, 6) is 1.67. The lowest BCUT2D eigenvalue weighted by molar-refractivity contribution is 0.330. The summed E-state index contributed by atoms with van der Waals surface area (Å²) in [5.41, 5.74) is 9.43. The molecule has 0 saturated carbocycles. The van der Waals surface area contributed by atoms with Crippen LogP contribution in [0.5, 0.6) is 0 Å². The highest BCUT2D eigenvalue weighted by molar-refractivity contribution is 5.26. The molecule has 0 spiro atoms. The minimum atomic E-state index is 0.368. The third-order valence-electron chi connectivity index (χ3n) is 4.97. The molecule has 3 atom stereocenters. The molecule has 1 aromatic heterocycles. The van der Waals surface area contributed by atoms with Crippen molar-refractivity contribution in [2.45, 2.75) is 38.4 Å². The molecule has 3 unspecified atom stereocenters. The molecule has 0 amide bonds. The summed E-state index contributed by atoms with van der Waals surface area (Å²) in [4.78, 5) is 4.29. The van der Waals surface area contributed by atoms with Gasteiger partial charge in [0.1, 0.15) is 12.2 Å². The normalized spacial score (nSPS) is 27.1. The van der Waals surface area contributed by atoms with Crippen molar-refractivity contribution in [3.63, 3.8) is 0 Å². The highest BCUT2D eigenvalue weighted by atomic mass is 15.4. The van der Waals surface area contributed by atoms with Gasteiger partial charge in [0.05, 0.1) is 12.6 Å². The number of aryl methyl sites for hydroxylation is 2. The summed E-state index contributed by atoms with van der Waals surface area (Å²) in [6, 6.07) is 9.64. The summed E-state index contributed by atoms with van der Waals surface area (Å²) in [7, 11) is 0. The summed E-state index contributed by atoms with van der Waals surface area (Å²) < 4.78 is 2.03. The number of fused-ring (bicyclic) bond motifs is 1. The molecule has 6 heteroatoms. The molecule has 122 valence electrons. The lowest BCUT2D eigenvalue weighted by Gasteiger charge is -2.26. The maximum absolute atomic E-state index is 4.30. The Kier molecular flexibility index (Phi) is 4.11. The Hall–Kier alpha value is -1.76. The van der Waals surface area contributed by atoms with Crippen LogP contribution >= 0.6 is 0 Å². The number of hydrogen-bond acceptors (Lipinski definition) is 5. The van der Waals surface area contributed by atoms with Crippen molar-refractivity contribution >= 4 is 0 Å². The van der Waals surface area contributed by atoms with Gasteiger partial charge in [0.2, 0.25) is 0 Å². The molecular formula is C17H24N6. The lowest BCUT2D eigenvalue weighted by Crippen LogP contribution is -2.41. The van der Waals surface area contributed by atoms with Crippen molar-refractivity contribution in [2.75, 3.05) is 13.1 Å². The summed E-state index contributed by atoms with van der Waals surface area (Å²) in [6.45, 7) is 5.08. The molecule has 0 aliphatic carbocycles. The fraction of sp³-hybridized carbons (Fsp3) is 0.529. The topological polar surface area (TPSA) is 66.8 Å². The van der Waals surface area contributed by atoms with Gasteiger partial charge in [-0.2, -0.15) is 5.10 Å². The van der Waals surface area contributed by atoms with E-state index in [2.05, 4.69) is 57.4 Å². The van der Waals surface area contributed by atoms with Gasteiger partial charge in [-0.25, -0.2) is 15.1 Å². The Balaban J connectivity index is 1.37. The van der Waals surface area contributed by atoms with Gasteiger partial charge in [0, 0.05) is 31.5 Å². The molecule has 2 aliphatic heterocycles. The first-order valence-corrected chi connectivity index (χ1v) is 8.44. The van der Waals surface area contributed by atoms with Crippen molar-refractivity contribution in [3.05, 3.63) is 47.5 Å². The lowest BCUT2D eigenvalue weighted by atomic mass is 9.93. The molecular weight excluding hydrogens is 288 g/mol. The molecule has 1 aromatic carbocycles. The largest absolute Gasteiger partial charge is 0.312 e. The van der Waals surface area contributed by atoms with Crippen LogP contribution in [-0.4, -0.2) is 33.9 Å². The Morgan fingerprint density at radius 2 is 2.35 bits per heavy atom. The first-order valence-electron chi connectivity index (χ1n) is 8.44. The zero-order valence-electron chi connectivity index (χ0n) is 13.5. The van der Waals surface area contributed by atoms with Gasteiger partial charge >= 0.3 is 0 Å². The van der Waals surface area contributed by atoms with E-state index >= 15 is 0 Å². The van der Waals surface area contributed by atoms with Crippen LogP contribution < -0.4 is 16.2 Å². The van der Waals surface area contributed by atoms with Gasteiger partial charge in [-0.05, 0) is 18.9 Å². The quantitative estimate of drug-likeness (QED) is 0.784. The van der Waals surface area contributed by atoms with Crippen molar-refractivity contribution in [1.82, 2.24) is 30.9 Å². The molecule has 6 nitrogen and oxygen atoms in total. The number of nitrogens with zero attached hydrogens (tertiary/aromatic N) is 3. The first-order chi connectivity index (χ1) is 11.3. The van der Waals surface area contributed by atoms with Gasteiger partial charge in [-0.1, -0.05) is 29.8 Å². The number of hydrogen-bond donors (Lipinski definition) is 3. The summed E-state index contributed by atoms with van der Waals surface area (Å²) in [6.07, 6.45) is 3.82. The second-order valence-corrected chi connectivity index (χ2v) is 6.68. The monoisotopic (exact) mass is 312 g/mol. The molecule has 3 N–H and O–H groups in total. The number of hydrazine groups is 1. The van der Waals surface area contributed by atoms with Crippen LogP contribution in [0.2, 0.25) is 0 Å². The molecule has 2 aliphatic rings. The number of rotatable bonds is 4. The Labute approximate surface area is 136 Å². The SMILES string of the molecule is Cc1cccc(C2NNCC2CNC2CCc3ncnn3C2)c1. The molecule has 1 fully saturated rings. The third kappa shape index (κ3) is 3.15. The van der Waals surface area contributed by atoms with E-state index in [-0.39, 0.29) is 0 Å². The predicted octanol–water partition coefficient (Wildman–Crippen LogP) is 0.956. The molecule has 4 rings (SSSR count). The Morgan fingerprint density at radius 1 is 1.39 bits per heavy atom. The van der Waals surface area contributed by atoms with Crippen LogP contribution in [0.15, 0.2) is 30.6 Å². The van der Waals surface area contributed by atoms with Crippen molar-refractivity contribution in [2.24, 2.45) is 5.92 Å². The maximum Gasteiger partial charge on any atom is 0.138 e. The highest BCUT2D eigenvalue weighted by Gasteiger charge is 2.29. The van der Waals surface area contributed by atoms with E-state index in [1.54, 1.807) is 6.33 Å². The number of aromatic nitrogens is 3. The van der Waals surface area contributed by atoms with Gasteiger partial charge in [0.25, 0.3) is 0 Å². The molecule has 2 aromatic rings. The summed E-state index contributed by atoms with van der Waals surface area (Å²) in [5, 5.41) is 8.04. The highest BCUT2D eigenvalue weighted by Crippen LogP contribution is 2.25. The van der Waals surface area contributed by atoms with Crippen LogP contribution in [0, 0.1) is 12.8 Å². The van der Waals surface area contributed by atoms with Crippen LogP contribution in [0.1, 0.15) is 29.4 Å². The summed E-state index contributed by atoms with van der Waals surface area (Å²) >= 11 is 0. The second kappa shape index (κ2) is 6.39. The maximum atomic E-state index is 4.30. The molecule has 23 heavy (non-hydrogen) atoms. The van der Waals surface area contributed by atoms with Crippen molar-refractivity contribution in [3.8, 4) is 0 Å². The smallest absolute Gasteiger partial charge is 0.138 e. The van der Waals surface area contributed by atoms with Gasteiger partial charge in [-0.3, -0.25) is 5.43 Å².